The van der Waals surface area contributed by atoms with Gasteiger partial charge in [0.1, 0.15) is 0 Å². The van der Waals surface area contributed by atoms with Crippen molar-refractivity contribution in [2.75, 3.05) is 19.3 Å². The molecule has 0 heterocycles. The molecule has 0 atom stereocenters. The van der Waals surface area contributed by atoms with Gasteiger partial charge in [0.25, 0.3) is 0 Å². The topological polar surface area (TPSA) is 54.5 Å². The molecule has 1 amide bonds. The van der Waals surface area contributed by atoms with Gasteiger partial charge in [0.05, 0.1) is 5.75 Å². The van der Waals surface area contributed by atoms with Gasteiger partial charge >= 0.3 is 0 Å². The lowest BCUT2D eigenvalue weighted by Crippen LogP contribution is -2.28. The molecule has 0 radical (unpaired) electrons. The number of hydrogen-bond donors (Lipinski definition) is 0. The second-order valence-corrected chi connectivity index (χ2v) is 5.08. The third-order valence-corrected chi connectivity index (χ3v) is 2.34. The molecule has 0 aliphatic carbocycles. The first kappa shape index (κ1) is 10.7. The molecule has 0 saturated heterocycles. The van der Waals surface area contributed by atoms with Crippen molar-refractivity contribution in [2.45, 2.75) is 6.92 Å². The molecule has 4 nitrogen and oxygen atoms in total. The number of nitrogens with zero attached hydrogens (tertiary/aromatic N) is 1. The number of rotatable bonds is 3. The monoisotopic (exact) mass is 199 g/mol. The molecule has 0 aliphatic heterocycles. The van der Waals surface area contributed by atoms with Crippen LogP contribution < -0.4 is 0 Å². The highest BCUT2D eigenvalue weighted by molar-refractivity contribution is 8.13. The first-order valence-corrected chi connectivity index (χ1v) is 5.45. The number of carbonyl (C=O) groups is 1. The van der Waals surface area contributed by atoms with E-state index in [-0.39, 0.29) is 18.2 Å². The molecule has 0 saturated carbocycles. The molecular formula is C5H10ClNO3S. The Labute approximate surface area is 70.6 Å². The molecule has 0 bridgehead atoms. The fourth-order valence-electron chi connectivity index (χ4n) is 0.403. The van der Waals surface area contributed by atoms with E-state index in [1.54, 1.807) is 0 Å². The van der Waals surface area contributed by atoms with E-state index >= 15 is 0 Å². The van der Waals surface area contributed by atoms with Crippen molar-refractivity contribution < 1.29 is 13.2 Å². The minimum Gasteiger partial charge on any atom is -0.345 e. The van der Waals surface area contributed by atoms with E-state index in [1.807, 2.05) is 0 Å². The van der Waals surface area contributed by atoms with Crippen molar-refractivity contribution in [3.63, 3.8) is 0 Å². The van der Waals surface area contributed by atoms with E-state index in [0.717, 1.165) is 0 Å². The predicted molar refractivity (Wildman–Crippen MR) is 43.0 cm³/mol. The van der Waals surface area contributed by atoms with Gasteiger partial charge in [-0.1, -0.05) is 0 Å². The van der Waals surface area contributed by atoms with Gasteiger partial charge < -0.3 is 4.90 Å². The van der Waals surface area contributed by atoms with Crippen LogP contribution in [0.4, 0.5) is 0 Å². The quantitative estimate of drug-likeness (QED) is 0.603. The maximum absolute atomic E-state index is 10.5. The highest BCUT2D eigenvalue weighted by Crippen LogP contribution is 1.96. The summed E-state index contributed by atoms with van der Waals surface area (Å²) in [5.41, 5.74) is 0. The Hall–Kier alpha value is -0.290. The number of carbonyl (C=O) groups excluding carboxylic acids is 1. The molecule has 6 heteroatoms. The molecular weight excluding hydrogens is 190 g/mol. The molecule has 0 spiro atoms. The average molecular weight is 200 g/mol. The van der Waals surface area contributed by atoms with Crippen LogP contribution in [0.2, 0.25) is 0 Å². The molecule has 0 N–H and O–H groups in total. The minimum absolute atomic E-state index is 0.140. The Morgan fingerprint density at radius 2 is 2.00 bits per heavy atom. The molecule has 11 heavy (non-hydrogen) atoms. The van der Waals surface area contributed by atoms with E-state index in [4.69, 9.17) is 10.7 Å². The van der Waals surface area contributed by atoms with Gasteiger partial charge in [-0.15, -0.1) is 0 Å². The summed E-state index contributed by atoms with van der Waals surface area (Å²) in [5.74, 6) is -0.379. The normalized spacial score (nSPS) is 11.2. The second kappa shape index (κ2) is 3.92. The van der Waals surface area contributed by atoms with E-state index in [2.05, 4.69) is 0 Å². The molecule has 0 aromatic rings. The van der Waals surface area contributed by atoms with Gasteiger partial charge in [0.15, 0.2) is 0 Å². The summed E-state index contributed by atoms with van der Waals surface area (Å²) in [6.07, 6.45) is 0. The zero-order chi connectivity index (χ0) is 9.07. The van der Waals surface area contributed by atoms with Crippen LogP contribution >= 0.6 is 10.7 Å². The van der Waals surface area contributed by atoms with Gasteiger partial charge in [0, 0.05) is 31.2 Å². The largest absolute Gasteiger partial charge is 0.345 e. The number of halogens is 1. The lowest BCUT2D eigenvalue weighted by Gasteiger charge is -2.12. The standard InChI is InChI=1S/C5H10ClNO3S/c1-5(8)7(2)3-4-11(6,9)10/h3-4H2,1-2H3. The second-order valence-electron chi connectivity index (χ2n) is 2.18. The Morgan fingerprint density at radius 3 is 2.27 bits per heavy atom. The molecule has 0 fully saturated rings. The third kappa shape index (κ3) is 6.12. The third-order valence-electron chi connectivity index (χ3n) is 1.21. The number of amides is 1. The summed E-state index contributed by atoms with van der Waals surface area (Å²) < 4.78 is 20.8. The zero-order valence-corrected chi connectivity index (χ0v) is 7.94. The van der Waals surface area contributed by atoms with Crippen LogP contribution in [-0.4, -0.2) is 38.6 Å². The molecule has 0 aromatic carbocycles. The van der Waals surface area contributed by atoms with Crippen molar-refractivity contribution in [3.8, 4) is 0 Å². The molecule has 66 valence electrons. The van der Waals surface area contributed by atoms with Crippen molar-refractivity contribution in [2.24, 2.45) is 0 Å². The maximum Gasteiger partial charge on any atom is 0.234 e. The van der Waals surface area contributed by atoms with Crippen molar-refractivity contribution in [1.29, 1.82) is 0 Å². The molecule has 0 rings (SSSR count). The maximum atomic E-state index is 10.5. The fraction of sp³-hybridized carbons (Fsp3) is 0.800. The highest BCUT2D eigenvalue weighted by Gasteiger charge is 2.08. The summed E-state index contributed by atoms with van der Waals surface area (Å²) in [6.45, 7) is 1.50. The first-order valence-electron chi connectivity index (χ1n) is 2.97. The summed E-state index contributed by atoms with van der Waals surface area (Å²) in [4.78, 5) is 11.8. The average Bonchev–Trinajstić information content (AvgIpc) is 1.80. The fourth-order valence-corrected chi connectivity index (χ4v) is 1.10. The van der Waals surface area contributed by atoms with Crippen LogP contribution in [0.1, 0.15) is 6.92 Å². The first-order chi connectivity index (χ1) is 4.83. The van der Waals surface area contributed by atoms with E-state index < -0.39 is 9.05 Å². The van der Waals surface area contributed by atoms with Crippen LogP contribution in [0.25, 0.3) is 0 Å². The summed E-state index contributed by atoms with van der Waals surface area (Å²) in [6, 6.07) is 0. The van der Waals surface area contributed by atoms with E-state index in [1.165, 1.54) is 18.9 Å². The van der Waals surface area contributed by atoms with E-state index in [0.29, 0.717) is 0 Å². The summed E-state index contributed by atoms with van der Waals surface area (Å²) in [5, 5.41) is 0. The van der Waals surface area contributed by atoms with E-state index in [9.17, 15) is 13.2 Å². The molecule has 0 aromatic heterocycles. The van der Waals surface area contributed by atoms with Crippen molar-refractivity contribution in [1.82, 2.24) is 4.90 Å². The summed E-state index contributed by atoms with van der Waals surface area (Å²) >= 11 is 0. The van der Waals surface area contributed by atoms with Crippen LogP contribution in [0, 0.1) is 0 Å². The zero-order valence-electron chi connectivity index (χ0n) is 6.37. The van der Waals surface area contributed by atoms with Crippen molar-refractivity contribution >= 4 is 25.6 Å². The van der Waals surface area contributed by atoms with Gasteiger partial charge in [-0.25, -0.2) is 8.42 Å². The highest BCUT2D eigenvalue weighted by atomic mass is 35.7. The lowest BCUT2D eigenvalue weighted by molar-refractivity contribution is -0.127. The molecule has 0 aliphatic rings. The SMILES string of the molecule is CC(=O)N(C)CCS(=O)(=O)Cl. The Bertz CT molecular complexity index is 236. The lowest BCUT2D eigenvalue weighted by atomic mass is 10.5. The van der Waals surface area contributed by atoms with Crippen LogP contribution in [0.15, 0.2) is 0 Å². The number of hydrogen-bond acceptors (Lipinski definition) is 3. The Balaban J connectivity index is 3.82. The Kier molecular flexibility index (Phi) is 3.82. The minimum atomic E-state index is -3.47. The molecule has 0 unspecified atom stereocenters. The van der Waals surface area contributed by atoms with Crippen LogP contribution in [0.5, 0.6) is 0 Å². The van der Waals surface area contributed by atoms with Gasteiger partial charge in [-0.3, -0.25) is 4.79 Å². The van der Waals surface area contributed by atoms with Crippen LogP contribution in [-0.2, 0) is 13.8 Å². The van der Waals surface area contributed by atoms with Gasteiger partial charge in [-0.2, -0.15) is 0 Å². The Morgan fingerprint density at radius 1 is 1.55 bits per heavy atom. The predicted octanol–water partition coefficient (Wildman–Crippen LogP) is 0.0333. The smallest absolute Gasteiger partial charge is 0.234 e. The van der Waals surface area contributed by atoms with Gasteiger partial charge in [-0.05, 0) is 0 Å². The van der Waals surface area contributed by atoms with Gasteiger partial charge in [0.2, 0.25) is 15.0 Å². The van der Waals surface area contributed by atoms with Crippen molar-refractivity contribution in [3.05, 3.63) is 0 Å². The summed E-state index contributed by atoms with van der Waals surface area (Å²) in [7, 11) is 2.96. The van der Waals surface area contributed by atoms with Crippen LogP contribution in [0.3, 0.4) is 0 Å².